The monoisotopic (exact) mass is 381 g/mol. The molecule has 144 valence electrons. The Morgan fingerprint density at radius 1 is 0.759 bits per heavy atom. The van der Waals surface area contributed by atoms with Crippen LogP contribution in [-0.4, -0.2) is 27.4 Å². The molecule has 1 aromatic heterocycles. The number of hydrogen-bond donors (Lipinski definition) is 0. The predicted octanol–water partition coefficient (Wildman–Crippen LogP) is 6.08. The SMILES string of the molecule is C=Nc1nc(/N=C(\C)c2cc(C(=C)C)cc(C(=C)C)c2)nc(-c2ccccc2)n1. The van der Waals surface area contributed by atoms with Crippen LogP contribution < -0.4 is 0 Å². The van der Waals surface area contributed by atoms with Gasteiger partial charge in [-0.1, -0.05) is 54.6 Å². The van der Waals surface area contributed by atoms with Crippen molar-refractivity contribution in [3.63, 3.8) is 0 Å². The van der Waals surface area contributed by atoms with E-state index in [4.69, 9.17) is 0 Å². The number of benzene rings is 2. The summed E-state index contributed by atoms with van der Waals surface area (Å²) in [6.45, 7) is 17.5. The summed E-state index contributed by atoms with van der Waals surface area (Å²) in [5.41, 5.74) is 6.64. The van der Waals surface area contributed by atoms with Gasteiger partial charge in [-0.05, 0) is 62.4 Å². The summed E-state index contributed by atoms with van der Waals surface area (Å²) < 4.78 is 0. The maximum atomic E-state index is 4.63. The maximum absolute atomic E-state index is 4.63. The van der Waals surface area contributed by atoms with Crippen LogP contribution >= 0.6 is 0 Å². The third-order valence-electron chi connectivity index (χ3n) is 4.39. The molecular formula is C24H23N5. The topological polar surface area (TPSA) is 63.4 Å². The van der Waals surface area contributed by atoms with Crippen molar-refractivity contribution < 1.29 is 0 Å². The first kappa shape index (κ1) is 20.0. The Labute approximate surface area is 171 Å². The Morgan fingerprint density at radius 2 is 1.31 bits per heavy atom. The minimum atomic E-state index is 0.240. The molecule has 0 radical (unpaired) electrons. The first-order chi connectivity index (χ1) is 13.9. The second-order valence-electron chi connectivity index (χ2n) is 6.84. The van der Waals surface area contributed by atoms with Crippen molar-refractivity contribution in [3.8, 4) is 11.4 Å². The molecule has 5 heteroatoms. The van der Waals surface area contributed by atoms with Crippen molar-refractivity contribution in [3.05, 3.63) is 78.4 Å². The number of rotatable bonds is 6. The van der Waals surface area contributed by atoms with Gasteiger partial charge in [-0.25, -0.2) is 9.98 Å². The normalized spacial score (nSPS) is 11.2. The second kappa shape index (κ2) is 8.52. The fraction of sp³-hybridized carbons (Fsp3) is 0.125. The Morgan fingerprint density at radius 3 is 1.86 bits per heavy atom. The molecule has 0 saturated carbocycles. The molecule has 29 heavy (non-hydrogen) atoms. The number of allylic oxidation sites excluding steroid dienone is 2. The zero-order valence-corrected chi connectivity index (χ0v) is 17.0. The van der Waals surface area contributed by atoms with Crippen molar-refractivity contribution >= 4 is 35.5 Å². The lowest BCUT2D eigenvalue weighted by Gasteiger charge is -2.10. The fourth-order valence-electron chi connectivity index (χ4n) is 2.73. The number of nitrogens with zero attached hydrogens (tertiary/aromatic N) is 5. The first-order valence-electron chi connectivity index (χ1n) is 9.18. The molecule has 2 aromatic carbocycles. The van der Waals surface area contributed by atoms with E-state index >= 15 is 0 Å². The lowest BCUT2D eigenvalue weighted by atomic mass is 9.97. The summed E-state index contributed by atoms with van der Waals surface area (Å²) in [5.74, 6) is 1.04. The lowest BCUT2D eigenvalue weighted by molar-refractivity contribution is 1.04. The minimum absolute atomic E-state index is 0.240. The molecule has 0 aliphatic carbocycles. The predicted molar refractivity (Wildman–Crippen MR) is 122 cm³/mol. The molecule has 0 N–H and O–H groups in total. The average molecular weight is 381 g/mol. The van der Waals surface area contributed by atoms with Crippen molar-refractivity contribution in [2.45, 2.75) is 20.8 Å². The molecule has 0 aliphatic rings. The largest absolute Gasteiger partial charge is 0.255 e. The van der Waals surface area contributed by atoms with Gasteiger partial charge in [0.05, 0.1) is 0 Å². The first-order valence-corrected chi connectivity index (χ1v) is 9.18. The van der Waals surface area contributed by atoms with Crippen molar-refractivity contribution in [2.24, 2.45) is 9.98 Å². The van der Waals surface area contributed by atoms with Gasteiger partial charge < -0.3 is 0 Å². The fourth-order valence-corrected chi connectivity index (χ4v) is 2.73. The van der Waals surface area contributed by atoms with Gasteiger partial charge in [-0.3, -0.25) is 0 Å². The highest BCUT2D eigenvalue weighted by molar-refractivity contribution is 6.01. The Hall–Kier alpha value is -3.73. The van der Waals surface area contributed by atoms with Gasteiger partial charge in [-0.2, -0.15) is 15.0 Å². The van der Waals surface area contributed by atoms with Crippen molar-refractivity contribution in [1.82, 2.24) is 15.0 Å². The van der Waals surface area contributed by atoms with Crippen LogP contribution in [0.1, 0.15) is 37.5 Å². The Bertz CT molecular complexity index is 1100. The molecule has 0 amide bonds. The van der Waals surface area contributed by atoms with Crippen LogP contribution in [0.2, 0.25) is 0 Å². The van der Waals surface area contributed by atoms with Crippen molar-refractivity contribution in [1.29, 1.82) is 0 Å². The highest BCUT2D eigenvalue weighted by Crippen LogP contribution is 2.24. The molecule has 0 atom stereocenters. The Balaban J connectivity index is 2.09. The van der Waals surface area contributed by atoms with E-state index in [2.05, 4.69) is 63.0 Å². The van der Waals surface area contributed by atoms with Gasteiger partial charge in [-0.15, -0.1) is 0 Å². The Kier molecular flexibility index (Phi) is 5.88. The van der Waals surface area contributed by atoms with Crippen LogP contribution in [-0.2, 0) is 0 Å². The zero-order valence-electron chi connectivity index (χ0n) is 17.0. The third-order valence-corrected chi connectivity index (χ3v) is 4.39. The molecule has 5 nitrogen and oxygen atoms in total. The number of aromatic nitrogens is 3. The zero-order chi connectivity index (χ0) is 21.0. The van der Waals surface area contributed by atoms with Gasteiger partial charge in [0, 0.05) is 11.3 Å². The van der Waals surface area contributed by atoms with Crippen molar-refractivity contribution in [2.75, 3.05) is 0 Å². The van der Waals surface area contributed by atoms with E-state index in [0.717, 1.165) is 39.1 Å². The molecule has 0 unspecified atom stereocenters. The molecular weight excluding hydrogens is 358 g/mol. The maximum Gasteiger partial charge on any atom is 0.255 e. The van der Waals surface area contributed by atoms with Crippen LogP contribution in [0.15, 0.2) is 71.7 Å². The van der Waals surface area contributed by atoms with Gasteiger partial charge >= 0.3 is 0 Å². The molecule has 3 rings (SSSR count). The minimum Gasteiger partial charge on any atom is -0.228 e. The van der Waals surface area contributed by atoms with Gasteiger partial charge in [0.2, 0.25) is 0 Å². The highest BCUT2D eigenvalue weighted by Gasteiger charge is 2.10. The lowest BCUT2D eigenvalue weighted by Crippen LogP contribution is -1.99. The number of hydrogen-bond acceptors (Lipinski definition) is 5. The van der Waals surface area contributed by atoms with Crippen LogP contribution in [0.5, 0.6) is 0 Å². The smallest absolute Gasteiger partial charge is 0.228 e. The molecule has 1 heterocycles. The molecule has 0 saturated heterocycles. The molecule has 0 spiro atoms. The van der Waals surface area contributed by atoms with E-state index in [1.165, 1.54) is 0 Å². The summed E-state index contributed by atoms with van der Waals surface area (Å²) in [5, 5.41) is 0. The van der Waals surface area contributed by atoms with Gasteiger partial charge in [0.25, 0.3) is 11.9 Å². The quantitative estimate of drug-likeness (QED) is 0.486. The van der Waals surface area contributed by atoms with E-state index in [0.29, 0.717) is 5.82 Å². The molecule has 0 aliphatic heterocycles. The van der Waals surface area contributed by atoms with Crippen LogP contribution in [0.3, 0.4) is 0 Å². The standard InChI is InChI=1S/C24H23N5/c1-15(2)19-12-20(16(3)4)14-21(13-19)17(5)26-24-28-22(27-23(25-6)29-24)18-10-8-7-9-11-18/h7-14H,1,3,6H2,2,4-5H3/b26-17+. The van der Waals surface area contributed by atoms with E-state index in [1.54, 1.807) is 0 Å². The average Bonchev–Trinajstić information content (AvgIpc) is 2.73. The summed E-state index contributed by atoms with van der Waals surface area (Å²) in [4.78, 5) is 21.6. The van der Waals surface area contributed by atoms with Crippen LogP contribution in [0.4, 0.5) is 11.9 Å². The number of aliphatic imine (C=N–C) groups is 2. The summed E-state index contributed by atoms with van der Waals surface area (Å²) in [7, 11) is 0. The van der Waals surface area contributed by atoms with Gasteiger partial charge in [0.15, 0.2) is 5.82 Å². The van der Waals surface area contributed by atoms with E-state index in [1.807, 2.05) is 51.1 Å². The van der Waals surface area contributed by atoms with Crippen LogP contribution in [0, 0.1) is 0 Å². The summed E-state index contributed by atoms with van der Waals surface area (Å²) in [6.07, 6.45) is 0. The van der Waals surface area contributed by atoms with E-state index in [-0.39, 0.29) is 11.9 Å². The molecule has 3 aromatic rings. The van der Waals surface area contributed by atoms with E-state index < -0.39 is 0 Å². The van der Waals surface area contributed by atoms with E-state index in [9.17, 15) is 0 Å². The highest BCUT2D eigenvalue weighted by atomic mass is 15.2. The third kappa shape index (κ3) is 4.76. The van der Waals surface area contributed by atoms with Gasteiger partial charge in [0.1, 0.15) is 0 Å². The molecule has 0 fully saturated rings. The summed E-state index contributed by atoms with van der Waals surface area (Å²) >= 11 is 0. The second-order valence-corrected chi connectivity index (χ2v) is 6.84. The molecule has 0 bridgehead atoms. The summed E-state index contributed by atoms with van der Waals surface area (Å²) in [6, 6.07) is 15.8. The van der Waals surface area contributed by atoms with Crippen LogP contribution in [0.25, 0.3) is 22.5 Å².